The normalized spacial score (nSPS) is 17.0. The van der Waals surface area contributed by atoms with Gasteiger partial charge in [0, 0.05) is 18.3 Å². The average molecular weight is 486 g/mol. The fraction of sp³-hybridized carbons (Fsp3) is 0.217. The molecule has 2 heterocycles. The number of aliphatic imine (C=N–C) groups is 1. The minimum atomic E-state index is -0.450. The van der Waals surface area contributed by atoms with Gasteiger partial charge in [-0.25, -0.2) is 9.79 Å². The number of ether oxygens (including phenoxy) is 2. The van der Waals surface area contributed by atoms with Gasteiger partial charge < -0.3 is 14.4 Å². The maximum absolute atomic E-state index is 12.8. The van der Waals surface area contributed by atoms with Crippen molar-refractivity contribution in [2.75, 3.05) is 6.61 Å². The number of amidine groups is 1. The van der Waals surface area contributed by atoms with Gasteiger partial charge >= 0.3 is 5.97 Å². The summed E-state index contributed by atoms with van der Waals surface area (Å²) in [6.07, 6.45) is 1.88. The second-order valence-corrected chi connectivity index (χ2v) is 8.51. The third-order valence-electron chi connectivity index (χ3n) is 5.10. The molecular formula is C23H20ClN3O5S. The number of carbonyl (C=O) groups is 1. The summed E-state index contributed by atoms with van der Waals surface area (Å²) in [5.41, 5.74) is 2.49. The standard InChI is InChI=1S/C23H20ClN3O5S/c1-3-31-22(28)20-14(2)25-23-26(9-10-33-23)21(20)16-7-8-19(18(24)12-16)32-13-15-5-4-6-17(11-15)27(29)30/h4-12,21H,3,13H2,1-2H3/t21-/m1/s1. The predicted molar refractivity (Wildman–Crippen MR) is 127 cm³/mol. The molecule has 0 bridgehead atoms. The minimum Gasteiger partial charge on any atom is -0.487 e. The van der Waals surface area contributed by atoms with Crippen molar-refractivity contribution in [2.24, 2.45) is 4.99 Å². The number of nitrogens with zero attached hydrogens (tertiary/aromatic N) is 3. The van der Waals surface area contributed by atoms with Crippen molar-refractivity contribution in [3.63, 3.8) is 0 Å². The molecule has 33 heavy (non-hydrogen) atoms. The van der Waals surface area contributed by atoms with Crippen LogP contribution >= 0.6 is 23.4 Å². The molecule has 0 unspecified atom stereocenters. The van der Waals surface area contributed by atoms with Crippen molar-refractivity contribution >= 4 is 40.2 Å². The SMILES string of the molecule is CCOC(=O)C1=C(C)N=C2SC=CN2[C@@H]1c1ccc(OCc2cccc([N+](=O)[O-])c2)c(Cl)c1. The highest BCUT2D eigenvalue weighted by molar-refractivity contribution is 8.16. The van der Waals surface area contributed by atoms with E-state index in [4.69, 9.17) is 21.1 Å². The number of nitro groups is 1. The Hall–Kier alpha value is -3.30. The van der Waals surface area contributed by atoms with Gasteiger partial charge in [-0.15, -0.1) is 0 Å². The van der Waals surface area contributed by atoms with Crippen LogP contribution in [-0.4, -0.2) is 27.6 Å². The summed E-state index contributed by atoms with van der Waals surface area (Å²) in [6.45, 7) is 3.94. The van der Waals surface area contributed by atoms with Crippen LogP contribution in [0.4, 0.5) is 5.69 Å². The Labute approximate surface area is 199 Å². The van der Waals surface area contributed by atoms with Crippen LogP contribution < -0.4 is 4.74 Å². The van der Waals surface area contributed by atoms with E-state index in [-0.39, 0.29) is 18.9 Å². The molecule has 2 aliphatic rings. The molecule has 8 nitrogen and oxygen atoms in total. The monoisotopic (exact) mass is 485 g/mol. The van der Waals surface area contributed by atoms with E-state index in [1.807, 2.05) is 22.6 Å². The summed E-state index contributed by atoms with van der Waals surface area (Å²) in [5, 5.41) is 14.0. The van der Waals surface area contributed by atoms with Gasteiger partial charge in [-0.1, -0.05) is 41.6 Å². The Balaban J connectivity index is 1.60. The summed E-state index contributed by atoms with van der Waals surface area (Å²) in [7, 11) is 0. The van der Waals surface area contributed by atoms with E-state index in [2.05, 4.69) is 4.99 Å². The molecule has 0 N–H and O–H groups in total. The van der Waals surface area contributed by atoms with E-state index in [1.165, 1.54) is 23.9 Å². The predicted octanol–water partition coefficient (Wildman–Crippen LogP) is 5.60. The molecule has 0 saturated carbocycles. The second-order valence-electron chi connectivity index (χ2n) is 7.23. The summed E-state index contributed by atoms with van der Waals surface area (Å²) < 4.78 is 11.1. The van der Waals surface area contributed by atoms with Crippen molar-refractivity contribution < 1.29 is 19.2 Å². The second kappa shape index (κ2) is 9.68. The Morgan fingerprint density at radius 3 is 2.85 bits per heavy atom. The third-order valence-corrected chi connectivity index (χ3v) is 6.17. The Kier molecular flexibility index (Phi) is 6.71. The molecule has 2 aliphatic heterocycles. The van der Waals surface area contributed by atoms with Crippen LogP contribution in [0.15, 0.2) is 70.3 Å². The van der Waals surface area contributed by atoms with Crippen molar-refractivity contribution in [3.8, 4) is 5.75 Å². The quantitative estimate of drug-likeness (QED) is 0.286. The van der Waals surface area contributed by atoms with E-state index >= 15 is 0 Å². The molecule has 0 spiro atoms. The number of thioether (sulfide) groups is 1. The maximum atomic E-state index is 12.8. The van der Waals surface area contributed by atoms with E-state index in [0.29, 0.717) is 27.6 Å². The van der Waals surface area contributed by atoms with Gasteiger partial charge in [-0.05, 0) is 42.5 Å². The lowest BCUT2D eigenvalue weighted by Gasteiger charge is -2.33. The number of allylic oxidation sites excluding steroid dienone is 1. The van der Waals surface area contributed by atoms with Crippen LogP contribution in [0, 0.1) is 10.1 Å². The fourth-order valence-corrected chi connectivity index (χ4v) is 4.66. The first-order valence-corrected chi connectivity index (χ1v) is 11.4. The van der Waals surface area contributed by atoms with E-state index < -0.39 is 16.9 Å². The van der Waals surface area contributed by atoms with Gasteiger partial charge in [0.15, 0.2) is 5.17 Å². The molecule has 2 aromatic rings. The number of nitro benzene ring substituents is 1. The van der Waals surface area contributed by atoms with Gasteiger partial charge in [0.25, 0.3) is 5.69 Å². The van der Waals surface area contributed by atoms with Crippen molar-refractivity contribution in [3.05, 3.63) is 91.6 Å². The van der Waals surface area contributed by atoms with Crippen molar-refractivity contribution in [2.45, 2.75) is 26.5 Å². The number of hydrogen-bond acceptors (Lipinski definition) is 8. The summed E-state index contributed by atoms with van der Waals surface area (Å²) in [5.74, 6) is 0.0107. The highest BCUT2D eigenvalue weighted by Gasteiger charge is 2.37. The van der Waals surface area contributed by atoms with Gasteiger partial charge in [-0.3, -0.25) is 10.1 Å². The summed E-state index contributed by atoms with van der Waals surface area (Å²) in [4.78, 5) is 29.7. The summed E-state index contributed by atoms with van der Waals surface area (Å²) in [6, 6.07) is 11.1. The topological polar surface area (TPSA) is 94.3 Å². The molecule has 0 aromatic heterocycles. The molecule has 2 aromatic carbocycles. The van der Waals surface area contributed by atoms with Crippen LogP contribution in [0.1, 0.15) is 31.0 Å². The lowest BCUT2D eigenvalue weighted by atomic mass is 9.94. The Morgan fingerprint density at radius 2 is 2.12 bits per heavy atom. The smallest absolute Gasteiger partial charge is 0.338 e. The number of benzene rings is 2. The number of non-ortho nitro benzene ring substituents is 1. The van der Waals surface area contributed by atoms with E-state index in [9.17, 15) is 14.9 Å². The van der Waals surface area contributed by atoms with Crippen molar-refractivity contribution in [1.29, 1.82) is 0 Å². The zero-order chi connectivity index (χ0) is 23.5. The van der Waals surface area contributed by atoms with Crippen LogP contribution in [0.2, 0.25) is 5.02 Å². The van der Waals surface area contributed by atoms with Gasteiger partial charge in [0.2, 0.25) is 0 Å². The molecule has 0 amide bonds. The number of fused-ring (bicyclic) bond motifs is 1. The Morgan fingerprint density at radius 1 is 1.30 bits per heavy atom. The molecular weight excluding hydrogens is 466 g/mol. The number of halogens is 1. The van der Waals surface area contributed by atoms with E-state index in [0.717, 1.165) is 10.7 Å². The van der Waals surface area contributed by atoms with Crippen LogP contribution in [0.3, 0.4) is 0 Å². The first-order chi connectivity index (χ1) is 15.9. The lowest BCUT2D eigenvalue weighted by Crippen LogP contribution is -2.34. The first-order valence-electron chi connectivity index (χ1n) is 10.1. The molecule has 10 heteroatoms. The zero-order valence-electron chi connectivity index (χ0n) is 17.9. The molecule has 0 saturated heterocycles. The molecule has 0 fully saturated rings. The molecule has 170 valence electrons. The lowest BCUT2D eigenvalue weighted by molar-refractivity contribution is -0.384. The highest BCUT2D eigenvalue weighted by atomic mass is 35.5. The maximum Gasteiger partial charge on any atom is 0.338 e. The highest BCUT2D eigenvalue weighted by Crippen LogP contribution is 2.42. The molecule has 1 atom stereocenters. The number of esters is 1. The average Bonchev–Trinajstić information content (AvgIpc) is 3.25. The van der Waals surface area contributed by atoms with Crippen LogP contribution in [0.5, 0.6) is 5.75 Å². The number of rotatable bonds is 7. The Bertz CT molecular complexity index is 1210. The fourth-order valence-electron chi connectivity index (χ4n) is 3.62. The van der Waals surface area contributed by atoms with Crippen LogP contribution in [0.25, 0.3) is 0 Å². The minimum absolute atomic E-state index is 0.00231. The molecule has 0 radical (unpaired) electrons. The van der Waals surface area contributed by atoms with Crippen molar-refractivity contribution in [1.82, 2.24) is 4.90 Å². The van der Waals surface area contributed by atoms with E-state index in [1.54, 1.807) is 38.1 Å². The van der Waals surface area contributed by atoms with Crippen LogP contribution in [-0.2, 0) is 16.1 Å². The largest absolute Gasteiger partial charge is 0.487 e. The van der Waals surface area contributed by atoms with Gasteiger partial charge in [0.05, 0.1) is 33.9 Å². The molecule has 0 aliphatic carbocycles. The van der Waals surface area contributed by atoms with Gasteiger partial charge in [0.1, 0.15) is 12.4 Å². The zero-order valence-corrected chi connectivity index (χ0v) is 19.4. The first kappa shape index (κ1) is 22.9. The third kappa shape index (κ3) is 4.74. The number of carbonyl (C=O) groups excluding carboxylic acids is 1. The molecule has 4 rings (SSSR count). The summed E-state index contributed by atoms with van der Waals surface area (Å²) >= 11 is 8.00. The van der Waals surface area contributed by atoms with Gasteiger partial charge in [-0.2, -0.15) is 0 Å². The number of hydrogen-bond donors (Lipinski definition) is 0.